The Morgan fingerprint density at radius 3 is 2.29 bits per heavy atom. The molecule has 8 nitrogen and oxygen atoms in total. The molecule has 0 saturated heterocycles. The molecule has 0 saturated carbocycles. The number of aromatic nitrogens is 1. The molecule has 2 rings (SSSR count). The summed E-state index contributed by atoms with van der Waals surface area (Å²) >= 11 is 0. The van der Waals surface area contributed by atoms with Crippen molar-refractivity contribution in [1.82, 2.24) is 4.98 Å². The zero-order valence-electron chi connectivity index (χ0n) is 10.9. The van der Waals surface area contributed by atoms with E-state index in [1.54, 1.807) is 12.1 Å². The van der Waals surface area contributed by atoms with Crippen LogP contribution in [0.2, 0.25) is 0 Å². The van der Waals surface area contributed by atoms with Crippen LogP contribution in [0, 0.1) is 20.2 Å². The van der Waals surface area contributed by atoms with E-state index < -0.39 is 9.85 Å². The lowest BCUT2D eigenvalue weighted by molar-refractivity contribution is -0.385. The van der Waals surface area contributed by atoms with Crippen molar-refractivity contribution in [2.75, 3.05) is 11.9 Å². The standard InChI is InChI=1S/C13H12N4O4/c18-16(19)11-3-1-10(2-4-11)5-7-14-13-9-12(17(20)21)6-8-15-13/h1-4,6,8-9H,5,7H2,(H,14,15). The van der Waals surface area contributed by atoms with Gasteiger partial charge < -0.3 is 5.32 Å². The second-order valence-corrected chi connectivity index (χ2v) is 4.26. The van der Waals surface area contributed by atoms with Crippen molar-refractivity contribution < 1.29 is 9.85 Å². The van der Waals surface area contributed by atoms with Crippen molar-refractivity contribution in [3.05, 3.63) is 68.4 Å². The average molecular weight is 288 g/mol. The van der Waals surface area contributed by atoms with E-state index in [0.717, 1.165) is 5.56 Å². The Balaban J connectivity index is 1.90. The van der Waals surface area contributed by atoms with Crippen molar-refractivity contribution in [3.8, 4) is 0 Å². The Kier molecular flexibility index (Phi) is 4.39. The van der Waals surface area contributed by atoms with Gasteiger partial charge in [-0.3, -0.25) is 20.2 Å². The molecule has 0 fully saturated rings. The van der Waals surface area contributed by atoms with Gasteiger partial charge in [-0.05, 0) is 12.0 Å². The monoisotopic (exact) mass is 288 g/mol. The lowest BCUT2D eigenvalue weighted by atomic mass is 10.1. The number of nitrogens with zero attached hydrogens (tertiary/aromatic N) is 3. The zero-order chi connectivity index (χ0) is 15.2. The lowest BCUT2D eigenvalue weighted by Crippen LogP contribution is -2.06. The van der Waals surface area contributed by atoms with Crippen LogP contribution in [0.25, 0.3) is 0 Å². The number of non-ortho nitro benzene ring substituents is 1. The average Bonchev–Trinajstić information content (AvgIpc) is 2.48. The van der Waals surface area contributed by atoms with E-state index in [1.807, 2.05) is 0 Å². The summed E-state index contributed by atoms with van der Waals surface area (Å²) in [5.41, 5.74) is 0.952. The second kappa shape index (κ2) is 6.42. The van der Waals surface area contributed by atoms with Gasteiger partial charge in [0.15, 0.2) is 0 Å². The molecular weight excluding hydrogens is 276 g/mol. The molecule has 1 aromatic carbocycles. The second-order valence-electron chi connectivity index (χ2n) is 4.26. The van der Waals surface area contributed by atoms with Gasteiger partial charge in [-0.25, -0.2) is 4.98 Å². The summed E-state index contributed by atoms with van der Waals surface area (Å²) in [6.07, 6.45) is 1.99. The third kappa shape index (κ3) is 3.96. The molecule has 0 amide bonds. The smallest absolute Gasteiger partial charge is 0.274 e. The highest BCUT2D eigenvalue weighted by Gasteiger charge is 2.07. The van der Waals surface area contributed by atoms with Crippen LogP contribution < -0.4 is 5.32 Å². The fourth-order valence-electron chi connectivity index (χ4n) is 1.75. The topological polar surface area (TPSA) is 111 Å². The molecular formula is C13H12N4O4. The van der Waals surface area contributed by atoms with Crippen molar-refractivity contribution in [3.63, 3.8) is 0 Å². The maximum atomic E-state index is 10.6. The molecule has 0 unspecified atom stereocenters. The number of hydrogen-bond donors (Lipinski definition) is 1. The molecule has 1 N–H and O–H groups in total. The van der Waals surface area contributed by atoms with Crippen molar-refractivity contribution in [2.24, 2.45) is 0 Å². The van der Waals surface area contributed by atoms with Gasteiger partial charge >= 0.3 is 0 Å². The van der Waals surface area contributed by atoms with E-state index >= 15 is 0 Å². The zero-order valence-corrected chi connectivity index (χ0v) is 10.9. The van der Waals surface area contributed by atoms with Gasteiger partial charge in [-0.15, -0.1) is 0 Å². The summed E-state index contributed by atoms with van der Waals surface area (Å²) in [6.45, 7) is 0.520. The normalized spacial score (nSPS) is 10.1. The summed E-state index contributed by atoms with van der Waals surface area (Å²) in [5, 5.41) is 24.1. The van der Waals surface area contributed by atoms with Gasteiger partial charge in [0, 0.05) is 30.9 Å². The van der Waals surface area contributed by atoms with Gasteiger partial charge in [-0.1, -0.05) is 12.1 Å². The van der Waals surface area contributed by atoms with E-state index in [0.29, 0.717) is 18.8 Å². The van der Waals surface area contributed by atoms with Gasteiger partial charge in [0.05, 0.1) is 15.9 Å². The highest BCUT2D eigenvalue weighted by atomic mass is 16.6. The molecule has 21 heavy (non-hydrogen) atoms. The molecule has 0 radical (unpaired) electrons. The minimum Gasteiger partial charge on any atom is -0.370 e. The fraction of sp³-hybridized carbons (Fsp3) is 0.154. The first-order valence-electron chi connectivity index (χ1n) is 6.14. The number of hydrogen-bond acceptors (Lipinski definition) is 6. The number of nitro groups is 2. The molecule has 1 heterocycles. The molecule has 1 aromatic heterocycles. The summed E-state index contributed by atoms with van der Waals surface area (Å²) in [5.74, 6) is 0.422. The Bertz CT molecular complexity index is 657. The molecule has 108 valence electrons. The molecule has 8 heteroatoms. The Labute approximate surface area is 119 Å². The first-order chi connectivity index (χ1) is 10.1. The van der Waals surface area contributed by atoms with Crippen molar-refractivity contribution in [2.45, 2.75) is 6.42 Å². The van der Waals surface area contributed by atoms with E-state index in [4.69, 9.17) is 0 Å². The summed E-state index contributed by atoms with van der Waals surface area (Å²) in [7, 11) is 0. The third-order valence-corrected chi connectivity index (χ3v) is 2.82. The van der Waals surface area contributed by atoms with Crippen LogP contribution in [-0.2, 0) is 6.42 Å². The molecule has 0 atom stereocenters. The minimum absolute atomic E-state index is 0.0252. The summed E-state index contributed by atoms with van der Waals surface area (Å²) in [6, 6.07) is 8.93. The van der Waals surface area contributed by atoms with Gasteiger partial charge in [0.1, 0.15) is 5.82 Å². The first kappa shape index (κ1) is 14.4. The van der Waals surface area contributed by atoms with Crippen LogP contribution in [0.4, 0.5) is 17.2 Å². The van der Waals surface area contributed by atoms with Crippen molar-refractivity contribution >= 4 is 17.2 Å². The number of nitrogens with one attached hydrogen (secondary N) is 1. The molecule has 0 aliphatic heterocycles. The van der Waals surface area contributed by atoms with Gasteiger partial charge in [0.25, 0.3) is 11.4 Å². The Morgan fingerprint density at radius 2 is 1.67 bits per heavy atom. The fourth-order valence-corrected chi connectivity index (χ4v) is 1.75. The predicted octanol–water partition coefficient (Wildman–Crippen LogP) is 2.55. The molecule has 0 aliphatic carbocycles. The Morgan fingerprint density at radius 1 is 1.00 bits per heavy atom. The van der Waals surface area contributed by atoms with Gasteiger partial charge in [0.2, 0.25) is 0 Å². The molecule has 0 aliphatic rings. The number of anilines is 1. The first-order valence-corrected chi connectivity index (χ1v) is 6.14. The highest BCUT2D eigenvalue weighted by Crippen LogP contribution is 2.15. The quantitative estimate of drug-likeness (QED) is 0.645. The van der Waals surface area contributed by atoms with Crippen LogP contribution in [0.5, 0.6) is 0 Å². The third-order valence-electron chi connectivity index (χ3n) is 2.82. The van der Waals surface area contributed by atoms with E-state index in [2.05, 4.69) is 10.3 Å². The van der Waals surface area contributed by atoms with Crippen LogP contribution in [0.15, 0.2) is 42.6 Å². The largest absolute Gasteiger partial charge is 0.370 e. The number of pyridine rings is 1. The Hall–Kier alpha value is -3.03. The summed E-state index contributed by atoms with van der Waals surface area (Å²) < 4.78 is 0. The number of benzene rings is 1. The maximum absolute atomic E-state index is 10.6. The highest BCUT2D eigenvalue weighted by molar-refractivity contribution is 5.44. The van der Waals surface area contributed by atoms with E-state index in [-0.39, 0.29) is 11.4 Å². The molecule has 2 aromatic rings. The van der Waals surface area contributed by atoms with Crippen LogP contribution in [0.1, 0.15) is 5.56 Å². The van der Waals surface area contributed by atoms with E-state index in [1.165, 1.54) is 30.5 Å². The van der Waals surface area contributed by atoms with Crippen LogP contribution in [-0.4, -0.2) is 21.4 Å². The lowest BCUT2D eigenvalue weighted by Gasteiger charge is -2.05. The molecule has 0 spiro atoms. The molecule has 0 bridgehead atoms. The number of nitro benzene ring substituents is 1. The predicted molar refractivity (Wildman–Crippen MR) is 76.2 cm³/mol. The summed E-state index contributed by atoms with van der Waals surface area (Å²) in [4.78, 5) is 24.2. The van der Waals surface area contributed by atoms with Crippen LogP contribution in [0.3, 0.4) is 0 Å². The van der Waals surface area contributed by atoms with Crippen LogP contribution >= 0.6 is 0 Å². The van der Waals surface area contributed by atoms with Gasteiger partial charge in [-0.2, -0.15) is 0 Å². The number of rotatable bonds is 6. The van der Waals surface area contributed by atoms with E-state index in [9.17, 15) is 20.2 Å². The minimum atomic E-state index is -0.483. The van der Waals surface area contributed by atoms with Crippen molar-refractivity contribution in [1.29, 1.82) is 0 Å². The maximum Gasteiger partial charge on any atom is 0.274 e. The SMILES string of the molecule is O=[N+]([O-])c1ccc(CCNc2cc([N+](=O)[O-])ccn2)cc1.